The van der Waals surface area contributed by atoms with Crippen molar-refractivity contribution in [2.45, 2.75) is 174 Å². The summed E-state index contributed by atoms with van der Waals surface area (Å²) in [5.41, 5.74) is -0.478. The Kier molecular flexibility index (Phi) is 30.5. The minimum atomic E-state index is -1.35. The molecular formula is C40H71N3O12. The van der Waals surface area contributed by atoms with Crippen LogP contribution in [-0.2, 0) is 43.0 Å². The molecule has 0 aliphatic carbocycles. The summed E-state index contributed by atoms with van der Waals surface area (Å²) in [6.45, 7) is 6.24. The zero-order valence-electron chi connectivity index (χ0n) is 33.8. The van der Waals surface area contributed by atoms with Crippen LogP contribution in [0.3, 0.4) is 0 Å². The van der Waals surface area contributed by atoms with Gasteiger partial charge in [-0.1, -0.05) is 111 Å². The number of carboxylic acid groups (broad SMARTS) is 3. The fourth-order valence-corrected chi connectivity index (χ4v) is 5.59. The van der Waals surface area contributed by atoms with Crippen molar-refractivity contribution in [1.29, 1.82) is 0 Å². The highest BCUT2D eigenvalue weighted by molar-refractivity contribution is 5.86. The number of Topliss-reactive ketones (excluding diaryl/α,β-unsaturated/α-hetero) is 1. The van der Waals surface area contributed by atoms with Gasteiger partial charge >= 0.3 is 17.9 Å². The van der Waals surface area contributed by atoms with E-state index in [1.807, 2.05) is 20.8 Å². The van der Waals surface area contributed by atoms with Crippen molar-refractivity contribution in [2.75, 3.05) is 33.0 Å². The van der Waals surface area contributed by atoms with Crippen molar-refractivity contribution in [2.24, 2.45) is 5.41 Å². The molecule has 0 fully saturated rings. The number of carbonyl (C=O) groups is 7. The lowest BCUT2D eigenvalue weighted by Crippen LogP contribution is -2.44. The van der Waals surface area contributed by atoms with Crippen LogP contribution in [0.1, 0.15) is 162 Å². The normalized spacial score (nSPS) is 12.4. The highest BCUT2D eigenvalue weighted by Crippen LogP contribution is 2.15. The molecule has 0 heterocycles. The van der Waals surface area contributed by atoms with E-state index in [-0.39, 0.29) is 77.3 Å². The van der Waals surface area contributed by atoms with Crippen LogP contribution in [0.5, 0.6) is 0 Å². The summed E-state index contributed by atoms with van der Waals surface area (Å²) in [6.07, 6.45) is 17.0. The molecule has 0 unspecified atom stereocenters. The maximum atomic E-state index is 12.4. The fraction of sp³-hybridized carbons (Fsp3) is 0.825. The van der Waals surface area contributed by atoms with Gasteiger partial charge in [-0.3, -0.25) is 24.0 Å². The molecule has 55 heavy (non-hydrogen) atoms. The van der Waals surface area contributed by atoms with Gasteiger partial charge in [-0.2, -0.15) is 0 Å². The molecule has 0 saturated heterocycles. The molecule has 15 nitrogen and oxygen atoms in total. The van der Waals surface area contributed by atoms with E-state index in [2.05, 4.69) is 16.0 Å². The van der Waals surface area contributed by atoms with Gasteiger partial charge in [0, 0.05) is 37.6 Å². The van der Waals surface area contributed by atoms with Gasteiger partial charge in [0.15, 0.2) is 5.78 Å². The van der Waals surface area contributed by atoms with Crippen LogP contribution in [0.15, 0.2) is 0 Å². The number of aliphatic carboxylic acids is 3. The van der Waals surface area contributed by atoms with Crippen molar-refractivity contribution in [3.05, 3.63) is 0 Å². The summed E-state index contributed by atoms with van der Waals surface area (Å²) >= 11 is 0. The number of hydrogen-bond donors (Lipinski definition) is 6. The third-order valence-electron chi connectivity index (χ3n) is 9.14. The van der Waals surface area contributed by atoms with E-state index in [1.165, 1.54) is 51.4 Å². The van der Waals surface area contributed by atoms with Crippen LogP contribution in [0.2, 0.25) is 0 Å². The lowest BCUT2D eigenvalue weighted by molar-refractivity contribution is -0.143. The molecule has 0 radical (unpaired) electrons. The first kappa shape index (κ1) is 51.4. The lowest BCUT2D eigenvalue weighted by Gasteiger charge is -2.17. The second-order valence-electron chi connectivity index (χ2n) is 15.2. The van der Waals surface area contributed by atoms with E-state index < -0.39 is 53.1 Å². The Labute approximate surface area is 327 Å². The molecule has 6 N–H and O–H groups in total. The molecule has 15 heteroatoms. The number of amides is 3. The van der Waals surface area contributed by atoms with Crippen molar-refractivity contribution in [1.82, 2.24) is 16.0 Å². The van der Waals surface area contributed by atoms with Gasteiger partial charge in [0.05, 0.1) is 19.8 Å². The average molecular weight is 786 g/mol. The molecule has 0 aromatic heterocycles. The van der Waals surface area contributed by atoms with Gasteiger partial charge in [0.25, 0.3) is 0 Å². The molecule has 3 amide bonds. The number of ether oxygens (including phenoxy) is 2. The Hall–Kier alpha value is -3.59. The summed E-state index contributed by atoms with van der Waals surface area (Å²) in [7, 11) is 0. The third kappa shape index (κ3) is 32.4. The van der Waals surface area contributed by atoms with Gasteiger partial charge < -0.3 is 40.7 Å². The van der Waals surface area contributed by atoms with E-state index >= 15 is 0 Å². The van der Waals surface area contributed by atoms with Crippen molar-refractivity contribution >= 4 is 41.4 Å². The number of rotatable bonds is 37. The zero-order chi connectivity index (χ0) is 41.3. The van der Waals surface area contributed by atoms with Gasteiger partial charge in [-0.05, 0) is 25.7 Å². The smallest absolute Gasteiger partial charge is 0.326 e. The topological polar surface area (TPSA) is 235 Å². The zero-order valence-corrected chi connectivity index (χ0v) is 33.8. The predicted octanol–water partition coefficient (Wildman–Crippen LogP) is 5.56. The van der Waals surface area contributed by atoms with Crippen LogP contribution in [-0.4, -0.2) is 102 Å². The Morgan fingerprint density at radius 3 is 1.29 bits per heavy atom. The highest BCUT2D eigenvalue weighted by Gasteiger charge is 2.24. The summed E-state index contributed by atoms with van der Waals surface area (Å²) in [5, 5.41) is 35.1. The Morgan fingerprint density at radius 2 is 0.873 bits per heavy atom. The maximum Gasteiger partial charge on any atom is 0.326 e. The van der Waals surface area contributed by atoms with E-state index in [0.717, 1.165) is 44.9 Å². The van der Waals surface area contributed by atoms with Crippen LogP contribution < -0.4 is 16.0 Å². The number of carboxylic acids is 3. The summed E-state index contributed by atoms with van der Waals surface area (Å²) in [4.78, 5) is 82.6. The Balaban J connectivity index is 4.02. The molecule has 0 aromatic rings. The first-order valence-electron chi connectivity index (χ1n) is 20.3. The van der Waals surface area contributed by atoms with Gasteiger partial charge in [0.1, 0.15) is 18.7 Å². The van der Waals surface area contributed by atoms with Gasteiger partial charge in [-0.25, -0.2) is 9.59 Å². The average Bonchev–Trinajstić information content (AvgIpc) is 3.11. The Morgan fingerprint density at radius 1 is 0.491 bits per heavy atom. The van der Waals surface area contributed by atoms with E-state index in [4.69, 9.17) is 14.6 Å². The fourth-order valence-electron chi connectivity index (χ4n) is 5.59. The number of nitrogens with one attached hydrogen (secondary N) is 3. The molecule has 0 bridgehead atoms. The molecule has 2 atom stereocenters. The van der Waals surface area contributed by atoms with Crippen molar-refractivity contribution < 1.29 is 58.4 Å². The summed E-state index contributed by atoms with van der Waals surface area (Å²) < 4.78 is 10.6. The quantitative estimate of drug-likeness (QED) is 0.0425. The standard InChI is InChI=1S/C40H71N3O12/c1-40(2,3)33(44)30-55-29-28-54-27-26-41-34(45)24-22-31(38(50)51)43-36(47)25-23-32(39(52)53)42-35(46)20-18-16-14-12-10-8-6-4-5-7-9-11-13-15-17-19-21-37(48)49/h31-32H,4-30H2,1-3H3,(H,41,45)(H,42,46)(H,43,47)(H,48,49)(H,50,51)(H,52,53)/t31-,32-/m0/s1. The highest BCUT2D eigenvalue weighted by atomic mass is 16.5. The molecule has 0 spiro atoms. The molecule has 318 valence electrons. The minimum absolute atomic E-state index is 0.00512. The SMILES string of the molecule is CC(C)(C)C(=O)COCCOCCNC(=O)CC[C@H](NC(=O)CC[C@H](NC(=O)CCCCCCCCCCCCCCCCCCC(=O)O)C(=O)O)C(=O)O. The third-order valence-corrected chi connectivity index (χ3v) is 9.14. The molecule has 0 saturated carbocycles. The first-order valence-corrected chi connectivity index (χ1v) is 20.3. The molecule has 0 aliphatic rings. The van der Waals surface area contributed by atoms with Crippen LogP contribution >= 0.6 is 0 Å². The number of ketones is 1. The molecular weight excluding hydrogens is 714 g/mol. The largest absolute Gasteiger partial charge is 0.481 e. The molecule has 0 aromatic carbocycles. The second-order valence-corrected chi connectivity index (χ2v) is 15.2. The van der Waals surface area contributed by atoms with Gasteiger partial charge in [0.2, 0.25) is 17.7 Å². The summed E-state index contributed by atoms with van der Waals surface area (Å²) in [5.74, 6) is -4.90. The second kappa shape index (κ2) is 32.6. The monoisotopic (exact) mass is 786 g/mol. The van der Waals surface area contributed by atoms with Crippen LogP contribution in [0, 0.1) is 5.41 Å². The first-order chi connectivity index (χ1) is 26.1. The Bertz CT molecular complexity index is 1130. The van der Waals surface area contributed by atoms with E-state index in [0.29, 0.717) is 6.42 Å². The number of unbranched alkanes of at least 4 members (excludes halogenated alkanes) is 15. The van der Waals surface area contributed by atoms with Gasteiger partial charge in [-0.15, -0.1) is 0 Å². The van der Waals surface area contributed by atoms with Crippen LogP contribution in [0.25, 0.3) is 0 Å². The lowest BCUT2D eigenvalue weighted by atomic mass is 9.91. The van der Waals surface area contributed by atoms with Crippen LogP contribution in [0.4, 0.5) is 0 Å². The van der Waals surface area contributed by atoms with E-state index in [1.54, 1.807) is 0 Å². The number of hydrogen-bond acceptors (Lipinski definition) is 9. The van der Waals surface area contributed by atoms with Crippen molar-refractivity contribution in [3.8, 4) is 0 Å². The molecule has 0 rings (SSSR count). The predicted molar refractivity (Wildman–Crippen MR) is 207 cm³/mol. The van der Waals surface area contributed by atoms with Crippen molar-refractivity contribution in [3.63, 3.8) is 0 Å². The number of carbonyl (C=O) groups excluding carboxylic acids is 4. The maximum absolute atomic E-state index is 12.4. The summed E-state index contributed by atoms with van der Waals surface area (Å²) in [6, 6.07) is -2.64. The minimum Gasteiger partial charge on any atom is -0.481 e. The molecule has 0 aliphatic heterocycles. The van der Waals surface area contributed by atoms with E-state index in [9.17, 15) is 43.8 Å².